The van der Waals surface area contributed by atoms with Crippen molar-refractivity contribution < 1.29 is 42.9 Å². The van der Waals surface area contributed by atoms with E-state index in [2.05, 4.69) is 22.2 Å². The number of nitrogens with one attached hydrogen (secondary N) is 1. The van der Waals surface area contributed by atoms with Crippen LogP contribution in [0.25, 0.3) is 5.69 Å². The topological polar surface area (TPSA) is 173 Å². The SMILES string of the molecule is C=CC(=O)O.COCc1c(C(=O)N(CC(C)C)[C@@H]2CNC[C@H](C(=O)N3CCOCC3)C2)nnn1-c1ccccc1F.O=C=O. The smallest absolute Gasteiger partial charge is 0.373 e. The Labute approximate surface area is 254 Å². The van der Waals surface area contributed by atoms with Crippen LogP contribution in [0.1, 0.15) is 36.5 Å². The first-order chi connectivity index (χ1) is 21.1. The predicted octanol–water partition coefficient (Wildman–Crippen LogP) is 1.16. The number of hydrogen-bond donors (Lipinski definition) is 2. The maximum Gasteiger partial charge on any atom is 0.373 e. The quantitative estimate of drug-likeness (QED) is 0.386. The molecule has 1 aromatic heterocycles. The number of carbonyl (C=O) groups is 3. The molecule has 2 aliphatic rings. The van der Waals surface area contributed by atoms with Gasteiger partial charge in [-0.1, -0.05) is 37.8 Å². The Balaban J connectivity index is 0.000000754. The summed E-state index contributed by atoms with van der Waals surface area (Å²) < 4.78 is 26.6. The first kappa shape index (κ1) is 35.9. The van der Waals surface area contributed by atoms with E-state index in [9.17, 15) is 18.8 Å². The minimum atomic E-state index is -0.981. The van der Waals surface area contributed by atoms with Crippen LogP contribution in [0.5, 0.6) is 0 Å². The minimum absolute atomic E-state index is 0.0407. The number of halogens is 1. The summed E-state index contributed by atoms with van der Waals surface area (Å²) in [5.41, 5.74) is 0.704. The van der Waals surface area contributed by atoms with Crippen LogP contribution >= 0.6 is 0 Å². The lowest BCUT2D eigenvalue weighted by Crippen LogP contribution is -2.56. The van der Waals surface area contributed by atoms with E-state index in [-0.39, 0.29) is 53.8 Å². The third kappa shape index (κ3) is 10.2. The van der Waals surface area contributed by atoms with Crippen LogP contribution < -0.4 is 5.32 Å². The first-order valence-corrected chi connectivity index (χ1v) is 14.0. The number of ether oxygens (including phenoxy) is 2. The van der Waals surface area contributed by atoms with E-state index in [4.69, 9.17) is 24.2 Å². The lowest BCUT2D eigenvalue weighted by atomic mass is 9.92. The normalized spacial score (nSPS) is 17.7. The lowest BCUT2D eigenvalue weighted by Gasteiger charge is -2.40. The molecule has 0 spiro atoms. The summed E-state index contributed by atoms with van der Waals surface area (Å²) in [7, 11) is 1.51. The van der Waals surface area contributed by atoms with Crippen molar-refractivity contribution >= 4 is 23.9 Å². The molecule has 0 aliphatic carbocycles. The number of amides is 2. The number of morpholine rings is 1. The van der Waals surface area contributed by atoms with Crippen LogP contribution in [0.2, 0.25) is 0 Å². The van der Waals surface area contributed by atoms with Gasteiger partial charge in [0.2, 0.25) is 5.91 Å². The van der Waals surface area contributed by atoms with E-state index in [0.717, 1.165) is 6.08 Å². The number of carboxylic acid groups (broad SMARTS) is 1. The van der Waals surface area contributed by atoms with Crippen LogP contribution in [0.15, 0.2) is 36.9 Å². The van der Waals surface area contributed by atoms with Gasteiger partial charge in [-0.05, 0) is 24.5 Å². The highest BCUT2D eigenvalue weighted by molar-refractivity contribution is 5.93. The van der Waals surface area contributed by atoms with Crippen molar-refractivity contribution in [3.63, 3.8) is 0 Å². The van der Waals surface area contributed by atoms with Gasteiger partial charge in [0.15, 0.2) is 5.69 Å². The number of aliphatic carboxylic acids is 1. The van der Waals surface area contributed by atoms with Gasteiger partial charge >= 0.3 is 12.1 Å². The Hall–Kier alpha value is -4.30. The van der Waals surface area contributed by atoms with E-state index >= 15 is 0 Å². The molecule has 44 heavy (non-hydrogen) atoms. The molecule has 2 N–H and O–H groups in total. The summed E-state index contributed by atoms with van der Waals surface area (Å²) in [4.78, 5) is 56.2. The number of para-hydroxylation sites is 1. The molecule has 240 valence electrons. The molecule has 2 atom stereocenters. The van der Waals surface area contributed by atoms with Gasteiger partial charge in [-0.15, -0.1) is 5.10 Å². The van der Waals surface area contributed by atoms with Crippen LogP contribution in [-0.2, 0) is 35.3 Å². The average molecular weight is 619 g/mol. The number of piperidine rings is 1. The van der Waals surface area contributed by atoms with Gasteiger partial charge in [0.25, 0.3) is 5.91 Å². The zero-order valence-electron chi connectivity index (χ0n) is 25.1. The van der Waals surface area contributed by atoms with Gasteiger partial charge in [0.05, 0.1) is 25.7 Å². The van der Waals surface area contributed by atoms with Gasteiger partial charge in [0, 0.05) is 52.0 Å². The van der Waals surface area contributed by atoms with Crippen LogP contribution in [0.3, 0.4) is 0 Å². The molecular formula is C29H39FN6O8. The fourth-order valence-electron chi connectivity index (χ4n) is 4.86. The molecule has 3 heterocycles. The molecular weight excluding hydrogens is 579 g/mol. The molecule has 0 unspecified atom stereocenters. The minimum Gasteiger partial charge on any atom is -0.478 e. The number of carbonyl (C=O) groups excluding carboxylic acids is 4. The molecule has 2 saturated heterocycles. The number of nitrogens with zero attached hydrogens (tertiary/aromatic N) is 5. The zero-order valence-corrected chi connectivity index (χ0v) is 25.1. The van der Waals surface area contributed by atoms with Crippen molar-refractivity contribution in [2.24, 2.45) is 11.8 Å². The Kier molecular flexibility index (Phi) is 15.0. The van der Waals surface area contributed by atoms with E-state index in [1.165, 1.54) is 17.9 Å². The third-order valence-electron chi connectivity index (χ3n) is 6.76. The van der Waals surface area contributed by atoms with Crippen LogP contribution in [0.4, 0.5) is 4.39 Å². The molecule has 14 nitrogen and oxygen atoms in total. The summed E-state index contributed by atoms with van der Waals surface area (Å²) >= 11 is 0. The molecule has 0 bridgehead atoms. The Morgan fingerprint density at radius 3 is 2.45 bits per heavy atom. The first-order valence-electron chi connectivity index (χ1n) is 14.0. The molecule has 0 radical (unpaired) electrons. The van der Waals surface area contributed by atoms with E-state index in [1.54, 1.807) is 23.1 Å². The summed E-state index contributed by atoms with van der Waals surface area (Å²) in [6.07, 6.45) is 1.64. The van der Waals surface area contributed by atoms with Crippen LogP contribution in [0, 0.1) is 17.7 Å². The molecule has 0 saturated carbocycles. The van der Waals surface area contributed by atoms with Crippen LogP contribution in [-0.4, -0.2) is 113 Å². The second-order valence-corrected chi connectivity index (χ2v) is 10.3. The fourth-order valence-corrected chi connectivity index (χ4v) is 4.86. The molecule has 2 aliphatic heterocycles. The highest BCUT2D eigenvalue weighted by Gasteiger charge is 2.37. The van der Waals surface area contributed by atoms with Gasteiger partial charge in [-0.25, -0.2) is 13.9 Å². The number of hydrogen-bond acceptors (Lipinski definition) is 10. The fraction of sp³-hybridized carbons (Fsp3) is 0.517. The zero-order chi connectivity index (χ0) is 32.6. The molecule has 2 aromatic rings. The molecule has 4 rings (SSSR count). The van der Waals surface area contributed by atoms with Gasteiger partial charge < -0.3 is 29.7 Å². The van der Waals surface area contributed by atoms with Crippen molar-refractivity contribution in [3.05, 3.63) is 54.1 Å². The van der Waals surface area contributed by atoms with Crippen molar-refractivity contribution in [2.45, 2.75) is 32.9 Å². The molecule has 15 heteroatoms. The summed E-state index contributed by atoms with van der Waals surface area (Å²) in [6.45, 7) is 11.0. The summed E-state index contributed by atoms with van der Waals surface area (Å²) in [5, 5.41) is 19.2. The number of methoxy groups -OCH3 is 1. The molecule has 2 fully saturated rings. The largest absolute Gasteiger partial charge is 0.478 e. The van der Waals surface area contributed by atoms with Crippen molar-refractivity contribution in [2.75, 3.05) is 53.0 Å². The van der Waals surface area contributed by atoms with E-state index in [1.807, 2.05) is 18.7 Å². The highest BCUT2D eigenvalue weighted by Crippen LogP contribution is 2.24. The van der Waals surface area contributed by atoms with Gasteiger partial charge in [0.1, 0.15) is 17.2 Å². The maximum atomic E-state index is 14.5. The van der Waals surface area contributed by atoms with E-state index < -0.39 is 11.8 Å². The lowest BCUT2D eigenvalue weighted by molar-refractivity contribution is -0.191. The number of aromatic nitrogens is 3. The second-order valence-electron chi connectivity index (χ2n) is 10.3. The van der Waals surface area contributed by atoms with Crippen molar-refractivity contribution in [1.29, 1.82) is 0 Å². The van der Waals surface area contributed by atoms with Crippen molar-refractivity contribution in [1.82, 2.24) is 30.1 Å². The summed E-state index contributed by atoms with van der Waals surface area (Å²) in [5.74, 6) is -1.69. The highest BCUT2D eigenvalue weighted by atomic mass is 19.1. The predicted molar refractivity (Wildman–Crippen MR) is 153 cm³/mol. The standard InChI is InChI=1S/C25H35FN6O4.C3H4O2.CO2/c1-17(2)15-31(19-12-18(13-27-14-19)24(33)30-8-10-36-11-9-30)25(34)23-22(16-35-3)32(29-28-23)21-7-5-4-6-20(21)26;1-2-3(4)5;2-1-3/h4-7,17-19,27H,8-16H2,1-3H3;2H,1H2,(H,4,5);/t18-,19+;;/m1../s1. The molecule has 2 amide bonds. The van der Waals surface area contributed by atoms with Gasteiger partial charge in [-0.3, -0.25) is 9.59 Å². The van der Waals surface area contributed by atoms with Gasteiger partial charge in [-0.2, -0.15) is 9.59 Å². The average Bonchev–Trinajstić information content (AvgIpc) is 3.44. The summed E-state index contributed by atoms with van der Waals surface area (Å²) in [6, 6.07) is 6.00. The number of carboxylic acids is 1. The Morgan fingerprint density at radius 1 is 1.25 bits per heavy atom. The Morgan fingerprint density at radius 2 is 1.89 bits per heavy atom. The molecule has 1 aromatic carbocycles. The maximum absolute atomic E-state index is 14.5. The Bertz CT molecular complexity index is 1290. The monoisotopic (exact) mass is 618 g/mol. The number of rotatable bonds is 9. The third-order valence-corrected chi connectivity index (χ3v) is 6.76. The second kappa shape index (κ2) is 18.4. The number of benzene rings is 1. The van der Waals surface area contributed by atoms with Crippen molar-refractivity contribution in [3.8, 4) is 5.69 Å². The van der Waals surface area contributed by atoms with E-state index in [0.29, 0.717) is 58.1 Å².